The third-order valence-corrected chi connectivity index (χ3v) is 7.05. The number of nitrogens with one attached hydrogen (secondary N) is 1. The van der Waals surface area contributed by atoms with Crippen molar-refractivity contribution in [3.05, 3.63) is 63.6 Å². The Kier molecular flexibility index (Phi) is 7.17. The minimum absolute atomic E-state index is 0.0369. The lowest BCUT2D eigenvalue weighted by Gasteiger charge is -2.37. The van der Waals surface area contributed by atoms with E-state index in [1.165, 1.54) is 30.0 Å². The van der Waals surface area contributed by atoms with Crippen molar-refractivity contribution in [2.75, 3.05) is 26.2 Å². The van der Waals surface area contributed by atoms with Crippen molar-refractivity contribution in [3.8, 4) is 0 Å². The normalized spacial score (nSPS) is 18.4. The average molecular weight is 423 g/mol. The van der Waals surface area contributed by atoms with Crippen molar-refractivity contribution < 1.29 is 4.79 Å². The summed E-state index contributed by atoms with van der Waals surface area (Å²) in [6.07, 6.45) is 7.87. The number of hydrogen-bond acceptors (Lipinski definition) is 4. The van der Waals surface area contributed by atoms with Crippen LogP contribution in [0.4, 0.5) is 0 Å². The maximum atomic E-state index is 13.2. The summed E-state index contributed by atoms with van der Waals surface area (Å²) in [5.74, 6) is 0.493. The topological polar surface area (TPSA) is 69.3 Å². The highest BCUT2D eigenvalue weighted by Gasteiger charge is 2.31. The maximum Gasteiger partial charge on any atom is 0.274 e. The molecule has 6 nitrogen and oxygen atoms in total. The van der Waals surface area contributed by atoms with Crippen LogP contribution >= 0.6 is 0 Å². The predicted octanol–water partition coefficient (Wildman–Crippen LogP) is 3.42. The third-order valence-electron chi connectivity index (χ3n) is 7.05. The molecule has 2 aliphatic rings. The Hall–Kier alpha value is -2.47. The number of aryl methyl sites for hydroxylation is 1. The first kappa shape index (κ1) is 21.8. The van der Waals surface area contributed by atoms with Crippen molar-refractivity contribution in [1.82, 2.24) is 20.0 Å². The van der Waals surface area contributed by atoms with Crippen LogP contribution in [0.2, 0.25) is 0 Å². The molecule has 0 bridgehead atoms. The number of benzene rings is 1. The van der Waals surface area contributed by atoms with Crippen LogP contribution in [0.1, 0.15) is 60.1 Å². The van der Waals surface area contributed by atoms with E-state index in [9.17, 15) is 9.59 Å². The van der Waals surface area contributed by atoms with Crippen molar-refractivity contribution in [2.45, 2.75) is 57.9 Å². The number of piperidine rings is 1. The molecule has 1 saturated heterocycles. The quantitative estimate of drug-likeness (QED) is 0.742. The summed E-state index contributed by atoms with van der Waals surface area (Å²) < 4.78 is 0. The number of carbonyl (C=O) groups is 1. The van der Waals surface area contributed by atoms with Gasteiger partial charge in [0, 0.05) is 25.2 Å². The molecule has 0 unspecified atom stereocenters. The Balaban J connectivity index is 1.33. The molecular formula is C25H34N4O2. The number of likely N-dealkylation sites (tertiary alicyclic amines) is 1. The Morgan fingerprint density at radius 2 is 1.84 bits per heavy atom. The van der Waals surface area contributed by atoms with Gasteiger partial charge in [0.15, 0.2) is 0 Å². The third kappa shape index (κ3) is 5.62. The van der Waals surface area contributed by atoms with Gasteiger partial charge in [0.25, 0.3) is 11.5 Å². The molecule has 2 fully saturated rings. The molecule has 1 saturated carbocycles. The van der Waals surface area contributed by atoms with Gasteiger partial charge < -0.3 is 9.80 Å². The van der Waals surface area contributed by atoms with E-state index in [4.69, 9.17) is 0 Å². The lowest BCUT2D eigenvalue weighted by molar-refractivity contribution is 0.0591. The second kappa shape index (κ2) is 10.2. The van der Waals surface area contributed by atoms with Crippen LogP contribution in [0.3, 0.4) is 0 Å². The first-order valence-electron chi connectivity index (χ1n) is 11.7. The van der Waals surface area contributed by atoms with Gasteiger partial charge in [-0.05, 0) is 75.2 Å². The van der Waals surface area contributed by atoms with Gasteiger partial charge in [0.2, 0.25) is 0 Å². The molecule has 31 heavy (non-hydrogen) atoms. The molecule has 2 aromatic rings. The lowest BCUT2D eigenvalue weighted by atomic mass is 9.94. The number of amides is 1. The highest BCUT2D eigenvalue weighted by Crippen LogP contribution is 2.28. The summed E-state index contributed by atoms with van der Waals surface area (Å²) in [7, 11) is 0. The van der Waals surface area contributed by atoms with Crippen molar-refractivity contribution in [1.29, 1.82) is 0 Å². The second-order valence-electron chi connectivity index (χ2n) is 9.16. The fourth-order valence-electron chi connectivity index (χ4n) is 5.06. The van der Waals surface area contributed by atoms with Gasteiger partial charge in [-0.2, -0.15) is 5.10 Å². The van der Waals surface area contributed by atoms with E-state index in [2.05, 4.69) is 51.2 Å². The van der Waals surface area contributed by atoms with Crippen LogP contribution in [-0.2, 0) is 6.42 Å². The Morgan fingerprint density at radius 1 is 1.10 bits per heavy atom. The molecule has 4 rings (SSSR count). The minimum atomic E-state index is -0.276. The molecule has 1 aliphatic carbocycles. The summed E-state index contributed by atoms with van der Waals surface area (Å²) >= 11 is 0. The molecule has 1 aliphatic heterocycles. The average Bonchev–Trinajstić information content (AvgIpc) is 3.32. The molecule has 6 heteroatoms. The standard InChI is InChI=1S/C25H34N4O2/c1-19-6-2-3-7-21(19)14-17-28-15-12-20(13-16-28)18-29(22-8-4-5-9-22)25(31)23-10-11-24(30)27-26-23/h2-3,6-7,10-11,20,22H,4-5,8-9,12-18H2,1H3,(H,27,30). The molecule has 0 atom stereocenters. The zero-order valence-corrected chi connectivity index (χ0v) is 18.6. The van der Waals surface area contributed by atoms with Gasteiger partial charge in [0.05, 0.1) is 0 Å². The van der Waals surface area contributed by atoms with Crippen molar-refractivity contribution in [2.24, 2.45) is 5.92 Å². The SMILES string of the molecule is Cc1ccccc1CCN1CCC(CN(C(=O)c2ccc(=O)[nH]n2)C2CCCC2)CC1. The fourth-order valence-corrected chi connectivity index (χ4v) is 5.06. The number of nitrogens with zero attached hydrogens (tertiary/aromatic N) is 3. The zero-order chi connectivity index (χ0) is 21.6. The number of aromatic amines is 1. The van der Waals surface area contributed by atoms with Crippen LogP contribution in [0.15, 0.2) is 41.2 Å². The Morgan fingerprint density at radius 3 is 2.52 bits per heavy atom. The van der Waals surface area contributed by atoms with Gasteiger partial charge in [-0.1, -0.05) is 37.1 Å². The van der Waals surface area contributed by atoms with E-state index in [1.807, 2.05) is 0 Å². The summed E-state index contributed by atoms with van der Waals surface area (Å²) in [6, 6.07) is 11.9. The smallest absolute Gasteiger partial charge is 0.274 e. The zero-order valence-electron chi connectivity index (χ0n) is 18.6. The maximum absolute atomic E-state index is 13.2. The minimum Gasteiger partial charge on any atom is -0.334 e. The Bertz CT molecular complexity index is 907. The molecule has 0 radical (unpaired) electrons. The largest absolute Gasteiger partial charge is 0.334 e. The summed E-state index contributed by atoms with van der Waals surface area (Å²) in [4.78, 5) is 29.2. The van der Waals surface area contributed by atoms with Crippen LogP contribution < -0.4 is 5.56 Å². The molecule has 0 spiro atoms. The summed E-state index contributed by atoms with van der Waals surface area (Å²) in [5.41, 5.74) is 2.89. The van der Waals surface area contributed by atoms with Crippen LogP contribution in [0.25, 0.3) is 0 Å². The first-order valence-corrected chi connectivity index (χ1v) is 11.7. The van der Waals surface area contributed by atoms with Gasteiger partial charge in [0.1, 0.15) is 5.69 Å². The first-order chi connectivity index (χ1) is 15.1. The highest BCUT2D eigenvalue weighted by atomic mass is 16.2. The van der Waals surface area contributed by atoms with E-state index in [0.29, 0.717) is 17.7 Å². The van der Waals surface area contributed by atoms with E-state index in [0.717, 1.165) is 58.3 Å². The Labute approximate surface area is 184 Å². The molecule has 1 N–H and O–H groups in total. The number of hydrogen-bond donors (Lipinski definition) is 1. The van der Waals surface area contributed by atoms with E-state index in [1.54, 1.807) is 6.07 Å². The van der Waals surface area contributed by atoms with Gasteiger partial charge >= 0.3 is 0 Å². The number of H-pyrrole nitrogens is 1. The van der Waals surface area contributed by atoms with Gasteiger partial charge in [-0.15, -0.1) is 0 Å². The summed E-state index contributed by atoms with van der Waals surface area (Å²) in [6.45, 7) is 6.29. The lowest BCUT2D eigenvalue weighted by Crippen LogP contribution is -2.45. The van der Waals surface area contributed by atoms with Crippen molar-refractivity contribution in [3.63, 3.8) is 0 Å². The molecular weight excluding hydrogens is 388 g/mol. The molecule has 1 aromatic carbocycles. The fraction of sp³-hybridized carbons (Fsp3) is 0.560. The van der Waals surface area contributed by atoms with Gasteiger partial charge in [-0.3, -0.25) is 9.59 Å². The number of carbonyl (C=O) groups excluding carboxylic acids is 1. The number of aromatic nitrogens is 2. The van der Waals surface area contributed by atoms with E-state index < -0.39 is 0 Å². The molecule has 2 heterocycles. The number of rotatable bonds is 7. The van der Waals surface area contributed by atoms with Crippen LogP contribution in [0, 0.1) is 12.8 Å². The van der Waals surface area contributed by atoms with E-state index >= 15 is 0 Å². The van der Waals surface area contributed by atoms with Gasteiger partial charge in [-0.25, -0.2) is 5.10 Å². The van der Waals surface area contributed by atoms with E-state index in [-0.39, 0.29) is 11.5 Å². The van der Waals surface area contributed by atoms with Crippen LogP contribution in [0.5, 0.6) is 0 Å². The summed E-state index contributed by atoms with van der Waals surface area (Å²) in [5, 5.41) is 6.41. The monoisotopic (exact) mass is 422 g/mol. The molecule has 1 amide bonds. The van der Waals surface area contributed by atoms with Crippen LogP contribution in [-0.4, -0.2) is 58.1 Å². The predicted molar refractivity (Wildman–Crippen MR) is 122 cm³/mol. The second-order valence-corrected chi connectivity index (χ2v) is 9.16. The van der Waals surface area contributed by atoms with Crippen molar-refractivity contribution >= 4 is 5.91 Å². The molecule has 166 valence electrons. The highest BCUT2D eigenvalue weighted by molar-refractivity contribution is 5.92. The molecule has 1 aromatic heterocycles.